The van der Waals surface area contributed by atoms with Gasteiger partial charge in [-0.1, -0.05) is 33.6 Å². The van der Waals surface area contributed by atoms with Gasteiger partial charge < -0.3 is 4.74 Å². The van der Waals surface area contributed by atoms with E-state index in [9.17, 15) is 32.9 Å². The van der Waals surface area contributed by atoms with Crippen molar-refractivity contribution in [3.8, 4) is 11.5 Å². The zero-order chi connectivity index (χ0) is 28.6. The maximum absolute atomic E-state index is 13.3. The van der Waals surface area contributed by atoms with E-state index in [1.54, 1.807) is 25.1 Å². The number of thiocarbonyl (C=S) groups is 1. The highest BCUT2D eigenvalue weighted by Gasteiger charge is 2.36. The van der Waals surface area contributed by atoms with Crippen LogP contribution >= 0.6 is 39.7 Å². The van der Waals surface area contributed by atoms with Gasteiger partial charge in [-0.2, -0.15) is 13.2 Å². The Kier molecular flexibility index (Phi) is 7.77. The van der Waals surface area contributed by atoms with Crippen molar-refractivity contribution in [3.63, 3.8) is 0 Å². The molecular weight excluding hydrogens is 627 g/mol. The topological polar surface area (TPSA) is 102 Å². The predicted octanol–water partition coefficient (Wildman–Crippen LogP) is 6.96. The molecule has 39 heavy (non-hydrogen) atoms. The number of nitrogens with one attached hydrogen (secondary N) is 1. The van der Waals surface area contributed by atoms with E-state index < -0.39 is 39.9 Å². The molecule has 1 N–H and O–H groups in total. The van der Waals surface area contributed by atoms with E-state index in [-0.39, 0.29) is 21.5 Å². The van der Waals surface area contributed by atoms with E-state index in [4.69, 9.17) is 28.6 Å². The van der Waals surface area contributed by atoms with Gasteiger partial charge in [0.25, 0.3) is 11.8 Å². The summed E-state index contributed by atoms with van der Waals surface area (Å²) in [5.74, 6) is -1.97. The van der Waals surface area contributed by atoms with E-state index in [0.29, 0.717) is 23.4 Å². The van der Waals surface area contributed by atoms with Gasteiger partial charge >= 0.3 is 11.9 Å². The number of hydrogen-bond acceptors (Lipinski definition) is 6. The van der Waals surface area contributed by atoms with E-state index >= 15 is 0 Å². The third-order valence-corrected chi connectivity index (χ3v) is 6.54. The van der Waals surface area contributed by atoms with Gasteiger partial charge in [-0.25, -0.2) is 0 Å². The third-order valence-electron chi connectivity index (χ3n) is 5.47. The molecule has 0 aromatic heterocycles. The summed E-state index contributed by atoms with van der Waals surface area (Å²) in [7, 11) is 0. The average Bonchev–Trinajstić information content (AvgIpc) is 2.84. The maximum Gasteiger partial charge on any atom is 0.416 e. The molecule has 3 aromatic rings. The fourth-order valence-electron chi connectivity index (χ4n) is 3.64. The molecule has 4 rings (SSSR count). The van der Waals surface area contributed by atoms with Crippen molar-refractivity contribution in [1.29, 1.82) is 0 Å². The molecule has 1 aliphatic rings. The molecule has 1 saturated heterocycles. The standard InChI is InChI=1S/C25H14BrClF3N3O5S/c1-12-8-15(26)4-5-18(12)32-23(35)16(22(34)31-24(32)39)9-13-2-6-20(17(27)10-13)38-21-7-3-14(25(28,29)30)11-19(21)33(36)37/h2-11H,1H3,(H,31,34,39)/b16-9+. The number of aryl methyl sites for hydroxylation is 1. The van der Waals surface area contributed by atoms with E-state index in [0.717, 1.165) is 16.1 Å². The molecule has 0 aliphatic carbocycles. The fourth-order valence-corrected chi connectivity index (χ4v) is 4.62. The number of benzene rings is 3. The third kappa shape index (κ3) is 5.95. The first-order chi connectivity index (χ1) is 18.3. The summed E-state index contributed by atoms with van der Waals surface area (Å²) >= 11 is 14.8. The highest BCUT2D eigenvalue weighted by Crippen LogP contribution is 2.39. The molecular formula is C25H14BrClF3N3O5S. The second-order valence-corrected chi connectivity index (χ2v) is 9.83. The van der Waals surface area contributed by atoms with Crippen LogP contribution in [0.1, 0.15) is 16.7 Å². The first-order valence-corrected chi connectivity index (χ1v) is 12.3. The Bertz CT molecular complexity index is 1600. The number of ether oxygens (including phenoxy) is 1. The normalized spacial score (nSPS) is 15.0. The number of rotatable bonds is 5. The number of nitro groups is 1. The molecule has 1 heterocycles. The van der Waals surface area contributed by atoms with E-state index in [1.807, 2.05) is 0 Å². The van der Waals surface area contributed by atoms with Gasteiger partial charge in [0.1, 0.15) is 11.3 Å². The zero-order valence-corrected chi connectivity index (χ0v) is 22.7. The first kappa shape index (κ1) is 28.2. The molecule has 200 valence electrons. The molecule has 2 amide bonds. The maximum atomic E-state index is 13.3. The number of carbonyl (C=O) groups excluding carboxylic acids is 2. The number of anilines is 1. The van der Waals surface area contributed by atoms with Crippen molar-refractivity contribution in [2.75, 3.05) is 4.90 Å². The SMILES string of the molecule is Cc1cc(Br)ccc1N1C(=O)/C(=C/c2ccc(Oc3ccc(C(F)(F)F)cc3[N+](=O)[O-])c(Cl)c2)C(=O)NC1=S. The molecule has 0 bridgehead atoms. The Morgan fingerprint density at radius 3 is 2.41 bits per heavy atom. The van der Waals surface area contributed by atoms with Gasteiger partial charge in [0.2, 0.25) is 5.75 Å². The highest BCUT2D eigenvalue weighted by molar-refractivity contribution is 9.10. The highest BCUT2D eigenvalue weighted by atomic mass is 79.9. The first-order valence-electron chi connectivity index (χ1n) is 10.8. The van der Waals surface area contributed by atoms with Crippen LogP contribution in [0.5, 0.6) is 11.5 Å². The molecule has 8 nitrogen and oxygen atoms in total. The van der Waals surface area contributed by atoms with Crippen LogP contribution in [0.3, 0.4) is 0 Å². The summed E-state index contributed by atoms with van der Waals surface area (Å²) in [4.78, 5) is 37.4. The van der Waals surface area contributed by atoms with Crippen molar-refractivity contribution < 1.29 is 32.4 Å². The number of nitrogens with zero attached hydrogens (tertiary/aromatic N) is 2. The van der Waals surface area contributed by atoms with Gasteiger partial charge in [0, 0.05) is 10.5 Å². The van der Waals surface area contributed by atoms with Crippen LogP contribution in [-0.4, -0.2) is 21.9 Å². The molecule has 0 atom stereocenters. The second kappa shape index (κ2) is 10.8. The van der Waals surface area contributed by atoms with Gasteiger partial charge in [-0.05, 0) is 78.8 Å². The van der Waals surface area contributed by atoms with Crippen molar-refractivity contribution in [3.05, 3.63) is 96.5 Å². The van der Waals surface area contributed by atoms with E-state index in [2.05, 4.69) is 21.2 Å². The van der Waals surface area contributed by atoms with Crippen LogP contribution in [0.25, 0.3) is 6.08 Å². The van der Waals surface area contributed by atoms with E-state index in [1.165, 1.54) is 29.2 Å². The summed E-state index contributed by atoms with van der Waals surface area (Å²) in [6, 6.07) is 11.0. The number of carbonyl (C=O) groups is 2. The monoisotopic (exact) mass is 639 g/mol. The largest absolute Gasteiger partial charge is 0.449 e. The molecule has 1 aliphatic heterocycles. The van der Waals surface area contributed by atoms with Crippen molar-refractivity contribution >= 4 is 74.1 Å². The Morgan fingerprint density at radius 1 is 1.10 bits per heavy atom. The number of alkyl halides is 3. The number of halogens is 5. The predicted molar refractivity (Wildman–Crippen MR) is 145 cm³/mol. The molecule has 3 aromatic carbocycles. The summed E-state index contributed by atoms with van der Waals surface area (Å²) in [5.41, 5.74) is -0.869. The number of amides is 2. The second-order valence-electron chi connectivity index (χ2n) is 8.12. The van der Waals surface area contributed by atoms with Crippen LogP contribution < -0.4 is 15.0 Å². The summed E-state index contributed by atoms with van der Waals surface area (Å²) in [6.45, 7) is 1.77. The van der Waals surface area contributed by atoms with Gasteiger partial charge in [-0.3, -0.25) is 29.9 Å². The molecule has 0 unspecified atom stereocenters. The van der Waals surface area contributed by atoms with Gasteiger partial charge in [0.05, 0.1) is 21.2 Å². The van der Waals surface area contributed by atoms with Crippen LogP contribution in [0.4, 0.5) is 24.5 Å². The Labute approximate surface area is 237 Å². The minimum absolute atomic E-state index is 0.0849. The minimum atomic E-state index is -4.78. The number of hydrogen-bond donors (Lipinski definition) is 1. The zero-order valence-electron chi connectivity index (χ0n) is 19.5. The molecule has 14 heteroatoms. The Balaban J connectivity index is 1.64. The van der Waals surface area contributed by atoms with Crippen LogP contribution in [0, 0.1) is 17.0 Å². The lowest BCUT2D eigenvalue weighted by Crippen LogP contribution is -2.54. The van der Waals surface area contributed by atoms with Crippen LogP contribution in [0.2, 0.25) is 5.02 Å². The molecule has 0 spiro atoms. The quantitative estimate of drug-likeness (QED) is 0.106. The van der Waals surface area contributed by atoms with Gasteiger partial charge in [0.15, 0.2) is 5.11 Å². The Morgan fingerprint density at radius 2 is 1.79 bits per heavy atom. The smallest absolute Gasteiger partial charge is 0.416 e. The lowest BCUT2D eigenvalue weighted by molar-refractivity contribution is -0.385. The van der Waals surface area contributed by atoms with Crippen molar-refractivity contribution in [2.24, 2.45) is 0 Å². The van der Waals surface area contributed by atoms with Crippen molar-refractivity contribution in [2.45, 2.75) is 13.1 Å². The molecule has 0 saturated carbocycles. The van der Waals surface area contributed by atoms with Crippen LogP contribution in [-0.2, 0) is 15.8 Å². The van der Waals surface area contributed by atoms with Crippen LogP contribution in [0.15, 0.2) is 64.6 Å². The Hall–Kier alpha value is -3.81. The molecule has 0 radical (unpaired) electrons. The number of nitro benzene ring substituents is 1. The van der Waals surface area contributed by atoms with Gasteiger partial charge in [-0.15, -0.1) is 0 Å². The summed E-state index contributed by atoms with van der Waals surface area (Å²) in [5, 5.41) is 13.6. The minimum Gasteiger partial charge on any atom is -0.449 e. The van der Waals surface area contributed by atoms with Crippen molar-refractivity contribution in [1.82, 2.24) is 5.32 Å². The molecule has 1 fully saturated rings. The fraction of sp³-hybridized carbons (Fsp3) is 0.0800. The lowest BCUT2D eigenvalue weighted by Gasteiger charge is -2.30. The summed E-state index contributed by atoms with van der Waals surface area (Å²) in [6.07, 6.45) is -3.51. The summed E-state index contributed by atoms with van der Waals surface area (Å²) < 4.78 is 45.1. The average molecular weight is 641 g/mol. The lowest BCUT2D eigenvalue weighted by atomic mass is 10.1.